The maximum absolute atomic E-state index is 12.1. The Hall–Kier alpha value is -1.10. The number of carbonyl (C=O) groups excluding carboxylic acids is 2. The minimum absolute atomic E-state index is 0.0816. The van der Waals surface area contributed by atoms with Crippen molar-refractivity contribution in [2.45, 2.75) is 32.2 Å². The molecule has 0 spiro atoms. The molecule has 1 aliphatic rings. The lowest BCUT2D eigenvalue weighted by atomic mass is 10.0. The summed E-state index contributed by atoms with van der Waals surface area (Å²) in [5, 5.41) is 3.27. The summed E-state index contributed by atoms with van der Waals surface area (Å²) in [6, 6.07) is 0.255. The Morgan fingerprint density at radius 2 is 2.18 bits per heavy atom. The van der Waals surface area contributed by atoms with E-state index in [1.807, 2.05) is 6.92 Å². The van der Waals surface area contributed by atoms with Crippen LogP contribution in [0.2, 0.25) is 0 Å². The summed E-state index contributed by atoms with van der Waals surface area (Å²) in [5.41, 5.74) is 0. The number of carbonyl (C=O) groups is 2. The minimum atomic E-state index is -0.221. The molecule has 1 rings (SSSR count). The van der Waals surface area contributed by atoms with Gasteiger partial charge in [-0.3, -0.25) is 9.59 Å². The molecule has 0 aromatic carbocycles. The third-order valence-corrected chi connectivity index (χ3v) is 3.32. The van der Waals surface area contributed by atoms with E-state index >= 15 is 0 Å². The van der Waals surface area contributed by atoms with Gasteiger partial charge in [0, 0.05) is 26.1 Å². The first-order valence-electron chi connectivity index (χ1n) is 6.11. The summed E-state index contributed by atoms with van der Waals surface area (Å²) < 4.78 is 4.56. The zero-order valence-corrected chi connectivity index (χ0v) is 10.9. The molecule has 17 heavy (non-hydrogen) atoms. The fraction of sp³-hybridized carbons (Fsp3) is 0.833. The molecule has 1 saturated heterocycles. The summed E-state index contributed by atoms with van der Waals surface area (Å²) in [5.74, 6) is 0.0345. The van der Waals surface area contributed by atoms with Crippen LogP contribution in [0.25, 0.3) is 0 Å². The van der Waals surface area contributed by atoms with Crippen LogP contribution in [0, 0.1) is 5.92 Å². The Balaban J connectivity index is 2.29. The van der Waals surface area contributed by atoms with Gasteiger partial charge in [0.1, 0.15) is 0 Å². The Morgan fingerprint density at radius 1 is 1.47 bits per heavy atom. The third kappa shape index (κ3) is 4.00. The molecule has 0 bridgehead atoms. The van der Waals surface area contributed by atoms with Gasteiger partial charge in [0.2, 0.25) is 5.91 Å². The zero-order chi connectivity index (χ0) is 12.8. The van der Waals surface area contributed by atoms with E-state index < -0.39 is 0 Å². The summed E-state index contributed by atoms with van der Waals surface area (Å²) in [6.07, 6.45) is 1.93. The molecular formula is C12H22N2O3. The summed E-state index contributed by atoms with van der Waals surface area (Å²) in [6.45, 7) is 3.56. The molecule has 0 aromatic rings. The monoisotopic (exact) mass is 242 g/mol. The van der Waals surface area contributed by atoms with Crippen LogP contribution in [0.4, 0.5) is 0 Å². The fourth-order valence-corrected chi connectivity index (χ4v) is 2.15. The van der Waals surface area contributed by atoms with Crippen LogP contribution in [-0.2, 0) is 14.3 Å². The van der Waals surface area contributed by atoms with Crippen LogP contribution in [0.1, 0.15) is 26.2 Å². The van der Waals surface area contributed by atoms with Crippen molar-refractivity contribution in [3.05, 3.63) is 0 Å². The quantitative estimate of drug-likeness (QED) is 0.709. The average Bonchev–Trinajstić information content (AvgIpc) is 2.74. The van der Waals surface area contributed by atoms with Crippen molar-refractivity contribution in [1.29, 1.82) is 0 Å². The van der Waals surface area contributed by atoms with Crippen molar-refractivity contribution < 1.29 is 14.3 Å². The number of hydrogen-bond acceptors (Lipinski definition) is 4. The van der Waals surface area contributed by atoms with E-state index in [1.165, 1.54) is 7.11 Å². The van der Waals surface area contributed by atoms with E-state index in [0.29, 0.717) is 19.4 Å². The van der Waals surface area contributed by atoms with Gasteiger partial charge < -0.3 is 15.0 Å². The van der Waals surface area contributed by atoms with Crippen molar-refractivity contribution in [3.8, 4) is 0 Å². The van der Waals surface area contributed by atoms with Gasteiger partial charge in [-0.1, -0.05) is 0 Å². The molecule has 5 nitrogen and oxygen atoms in total. The van der Waals surface area contributed by atoms with Crippen LogP contribution in [-0.4, -0.2) is 50.1 Å². The number of methoxy groups -OCH3 is 1. The molecule has 1 fully saturated rings. The SMILES string of the molecule is COC(=O)CCCN(C)C(=O)C1CCNC1C. The predicted molar refractivity (Wildman–Crippen MR) is 64.5 cm³/mol. The molecule has 5 heteroatoms. The van der Waals surface area contributed by atoms with E-state index in [-0.39, 0.29) is 23.8 Å². The van der Waals surface area contributed by atoms with Crippen molar-refractivity contribution in [3.63, 3.8) is 0 Å². The van der Waals surface area contributed by atoms with Gasteiger partial charge in [0.05, 0.1) is 13.0 Å². The van der Waals surface area contributed by atoms with Crippen LogP contribution >= 0.6 is 0 Å². The number of rotatable bonds is 5. The topological polar surface area (TPSA) is 58.6 Å². The predicted octanol–water partition coefficient (Wildman–Crippen LogP) is 0.396. The number of hydrogen-bond donors (Lipinski definition) is 1. The van der Waals surface area contributed by atoms with Gasteiger partial charge in [-0.05, 0) is 26.3 Å². The Morgan fingerprint density at radius 3 is 2.71 bits per heavy atom. The second-order valence-corrected chi connectivity index (χ2v) is 4.58. The highest BCUT2D eigenvalue weighted by molar-refractivity contribution is 5.79. The fourth-order valence-electron chi connectivity index (χ4n) is 2.15. The number of nitrogens with one attached hydrogen (secondary N) is 1. The molecular weight excluding hydrogens is 220 g/mol. The molecule has 2 atom stereocenters. The van der Waals surface area contributed by atoms with E-state index in [0.717, 1.165) is 13.0 Å². The minimum Gasteiger partial charge on any atom is -0.469 e. The molecule has 1 N–H and O–H groups in total. The Labute approximate surface area is 102 Å². The van der Waals surface area contributed by atoms with Gasteiger partial charge >= 0.3 is 5.97 Å². The van der Waals surface area contributed by atoms with Crippen molar-refractivity contribution in [1.82, 2.24) is 10.2 Å². The second-order valence-electron chi connectivity index (χ2n) is 4.58. The molecule has 1 aliphatic heterocycles. The largest absolute Gasteiger partial charge is 0.469 e. The highest BCUT2D eigenvalue weighted by Crippen LogP contribution is 2.17. The van der Waals surface area contributed by atoms with E-state index in [4.69, 9.17) is 0 Å². The Kier molecular flexibility index (Phi) is 5.41. The highest BCUT2D eigenvalue weighted by Gasteiger charge is 2.31. The van der Waals surface area contributed by atoms with E-state index in [9.17, 15) is 9.59 Å². The average molecular weight is 242 g/mol. The number of nitrogens with zero attached hydrogens (tertiary/aromatic N) is 1. The third-order valence-electron chi connectivity index (χ3n) is 3.32. The summed E-state index contributed by atoms with van der Waals surface area (Å²) >= 11 is 0. The smallest absolute Gasteiger partial charge is 0.305 e. The van der Waals surface area contributed by atoms with Gasteiger partial charge in [0.25, 0.3) is 0 Å². The lowest BCUT2D eigenvalue weighted by molar-refractivity contribution is -0.141. The molecule has 2 unspecified atom stereocenters. The molecule has 1 heterocycles. The molecule has 1 amide bonds. The first kappa shape index (κ1) is 14.0. The molecule has 0 saturated carbocycles. The highest BCUT2D eigenvalue weighted by atomic mass is 16.5. The van der Waals surface area contributed by atoms with Crippen LogP contribution in [0.15, 0.2) is 0 Å². The zero-order valence-electron chi connectivity index (χ0n) is 10.9. The van der Waals surface area contributed by atoms with Crippen LogP contribution < -0.4 is 5.32 Å². The van der Waals surface area contributed by atoms with Crippen molar-refractivity contribution >= 4 is 11.9 Å². The Bertz CT molecular complexity index is 281. The first-order chi connectivity index (χ1) is 8.06. The number of ether oxygens (including phenoxy) is 1. The summed E-state index contributed by atoms with van der Waals surface area (Å²) in [7, 11) is 3.17. The van der Waals surface area contributed by atoms with E-state index in [1.54, 1.807) is 11.9 Å². The van der Waals surface area contributed by atoms with Crippen molar-refractivity contribution in [2.75, 3.05) is 27.2 Å². The van der Waals surface area contributed by atoms with Gasteiger partial charge in [-0.2, -0.15) is 0 Å². The maximum atomic E-state index is 12.1. The van der Waals surface area contributed by atoms with Gasteiger partial charge in [-0.25, -0.2) is 0 Å². The second kappa shape index (κ2) is 6.59. The standard InChI is InChI=1S/C12H22N2O3/c1-9-10(6-7-13-9)12(16)14(2)8-4-5-11(15)17-3/h9-10,13H,4-8H2,1-3H3. The lowest BCUT2D eigenvalue weighted by Crippen LogP contribution is -2.38. The normalized spacial score (nSPS) is 23.5. The molecule has 0 aromatic heterocycles. The van der Waals surface area contributed by atoms with Gasteiger partial charge in [0.15, 0.2) is 0 Å². The maximum Gasteiger partial charge on any atom is 0.305 e. The first-order valence-corrected chi connectivity index (χ1v) is 6.11. The number of esters is 1. The molecule has 0 radical (unpaired) electrons. The van der Waals surface area contributed by atoms with Crippen molar-refractivity contribution in [2.24, 2.45) is 5.92 Å². The van der Waals surface area contributed by atoms with E-state index in [2.05, 4.69) is 10.1 Å². The number of amides is 1. The van der Waals surface area contributed by atoms with Crippen LogP contribution in [0.3, 0.4) is 0 Å². The summed E-state index contributed by atoms with van der Waals surface area (Å²) in [4.78, 5) is 24.7. The lowest BCUT2D eigenvalue weighted by Gasteiger charge is -2.23. The molecule has 0 aliphatic carbocycles. The van der Waals surface area contributed by atoms with Gasteiger partial charge in [-0.15, -0.1) is 0 Å². The molecule has 98 valence electrons. The van der Waals surface area contributed by atoms with Crippen LogP contribution in [0.5, 0.6) is 0 Å².